The molecule has 0 saturated carbocycles. The van der Waals surface area contributed by atoms with E-state index in [1.807, 2.05) is 36.6 Å². The Labute approximate surface area is 181 Å². The number of carbonyl (C=O) groups excluding carboxylic acids is 1. The smallest absolute Gasteiger partial charge is 0.250 e. The first-order valence-corrected chi connectivity index (χ1v) is 10.9. The molecule has 0 fully saturated rings. The zero-order chi connectivity index (χ0) is 20.6. The summed E-state index contributed by atoms with van der Waals surface area (Å²) in [5.41, 5.74) is 5.01. The summed E-state index contributed by atoms with van der Waals surface area (Å²) >= 11 is 8.73. The Morgan fingerprint density at radius 1 is 1.34 bits per heavy atom. The van der Waals surface area contributed by atoms with Gasteiger partial charge in [0.1, 0.15) is 0 Å². The van der Waals surface area contributed by atoms with E-state index in [1.54, 1.807) is 12.1 Å². The number of nitrogens with zero attached hydrogens (tertiary/aromatic N) is 2. The van der Waals surface area contributed by atoms with Gasteiger partial charge >= 0.3 is 0 Å². The van der Waals surface area contributed by atoms with Crippen LogP contribution in [0, 0.1) is 0 Å². The summed E-state index contributed by atoms with van der Waals surface area (Å²) in [5, 5.41) is 16.3. The number of thioether (sulfide) groups is 1. The van der Waals surface area contributed by atoms with Crippen LogP contribution >= 0.6 is 34.7 Å². The third-order valence-electron chi connectivity index (χ3n) is 3.64. The second-order valence-electron chi connectivity index (χ2n) is 5.75. The lowest BCUT2D eigenvalue weighted by Crippen LogP contribution is -2.19. The summed E-state index contributed by atoms with van der Waals surface area (Å²) in [7, 11) is 0. The van der Waals surface area contributed by atoms with E-state index in [0.29, 0.717) is 22.9 Å². The van der Waals surface area contributed by atoms with E-state index in [9.17, 15) is 9.90 Å². The molecule has 6 nitrogen and oxygen atoms in total. The molecule has 0 saturated heterocycles. The summed E-state index contributed by atoms with van der Waals surface area (Å²) in [5.74, 6) is 0.396. The maximum atomic E-state index is 12.0. The Kier molecular flexibility index (Phi) is 7.51. The van der Waals surface area contributed by atoms with Crippen LogP contribution in [-0.4, -0.2) is 34.6 Å². The highest BCUT2D eigenvalue weighted by Crippen LogP contribution is 2.29. The molecule has 2 aromatic carbocycles. The molecule has 150 valence electrons. The minimum atomic E-state index is -0.238. The van der Waals surface area contributed by atoms with Crippen LogP contribution in [0.3, 0.4) is 0 Å². The molecule has 3 aromatic rings. The molecule has 0 unspecified atom stereocenters. The van der Waals surface area contributed by atoms with Crippen LogP contribution in [0.5, 0.6) is 11.5 Å². The first-order valence-electron chi connectivity index (χ1n) is 8.67. The molecule has 0 radical (unpaired) electrons. The number of phenolic OH excluding ortho intramolecular Hbond substituents is 1. The van der Waals surface area contributed by atoms with E-state index in [0.717, 1.165) is 15.6 Å². The fourth-order valence-corrected chi connectivity index (χ4v) is 4.05. The van der Waals surface area contributed by atoms with Gasteiger partial charge in [-0.25, -0.2) is 10.4 Å². The highest BCUT2D eigenvalue weighted by molar-refractivity contribution is 8.01. The number of aromatic hydroxyl groups is 1. The molecule has 29 heavy (non-hydrogen) atoms. The predicted octanol–water partition coefficient (Wildman–Crippen LogP) is 4.81. The minimum Gasteiger partial charge on any atom is -0.504 e. The van der Waals surface area contributed by atoms with Crippen molar-refractivity contribution in [2.75, 3.05) is 12.4 Å². The van der Waals surface area contributed by atoms with E-state index >= 15 is 0 Å². The Morgan fingerprint density at radius 3 is 2.90 bits per heavy atom. The molecule has 0 aliphatic carbocycles. The third-order valence-corrected chi connectivity index (χ3v) is 5.91. The summed E-state index contributed by atoms with van der Waals surface area (Å²) in [6, 6.07) is 12.3. The number of hydrogen-bond donors (Lipinski definition) is 2. The molecular weight excluding hydrogens is 430 g/mol. The van der Waals surface area contributed by atoms with Crippen LogP contribution < -0.4 is 10.2 Å². The average Bonchev–Trinajstić information content (AvgIpc) is 3.18. The standard InChI is InChI=1S/C20H18ClN3O3S2/c1-2-27-18-9-13(3-8-17(18)25)10-22-24-19(26)12-29-20-23-16(11-28-20)14-4-6-15(21)7-5-14/h3-11,25H,2,12H2,1H3,(H,24,26). The molecule has 1 amide bonds. The maximum absolute atomic E-state index is 12.0. The zero-order valence-electron chi connectivity index (χ0n) is 15.5. The van der Waals surface area contributed by atoms with Crippen molar-refractivity contribution in [2.24, 2.45) is 5.10 Å². The lowest BCUT2D eigenvalue weighted by molar-refractivity contribution is -0.118. The predicted molar refractivity (Wildman–Crippen MR) is 118 cm³/mol. The van der Waals surface area contributed by atoms with Crippen LogP contribution in [0.15, 0.2) is 57.3 Å². The van der Waals surface area contributed by atoms with Crippen molar-refractivity contribution < 1.29 is 14.6 Å². The second kappa shape index (κ2) is 10.3. The molecule has 0 aliphatic rings. The number of halogens is 1. The third kappa shape index (κ3) is 6.22. The van der Waals surface area contributed by atoms with Gasteiger partial charge in [0.05, 0.1) is 24.3 Å². The number of nitrogens with one attached hydrogen (secondary N) is 1. The maximum Gasteiger partial charge on any atom is 0.250 e. The topological polar surface area (TPSA) is 83.8 Å². The molecular formula is C20H18ClN3O3S2. The van der Waals surface area contributed by atoms with Gasteiger partial charge < -0.3 is 9.84 Å². The average molecular weight is 448 g/mol. The summed E-state index contributed by atoms with van der Waals surface area (Å²) in [4.78, 5) is 16.5. The molecule has 3 rings (SSSR count). The minimum absolute atomic E-state index is 0.0610. The van der Waals surface area contributed by atoms with Gasteiger partial charge in [0.2, 0.25) is 0 Å². The Bertz CT molecular complexity index is 1010. The van der Waals surface area contributed by atoms with Crippen LogP contribution in [0.2, 0.25) is 5.02 Å². The number of carbonyl (C=O) groups is 1. The van der Waals surface area contributed by atoms with E-state index in [-0.39, 0.29) is 17.4 Å². The number of ether oxygens (including phenoxy) is 1. The monoisotopic (exact) mass is 447 g/mol. The molecule has 1 aromatic heterocycles. The van der Waals surface area contributed by atoms with E-state index in [2.05, 4.69) is 15.5 Å². The highest BCUT2D eigenvalue weighted by atomic mass is 35.5. The van der Waals surface area contributed by atoms with Crippen molar-refractivity contribution in [3.63, 3.8) is 0 Å². The summed E-state index contributed by atoms with van der Waals surface area (Å²) < 4.78 is 6.12. The fourth-order valence-electron chi connectivity index (χ4n) is 2.30. The van der Waals surface area contributed by atoms with Crippen molar-refractivity contribution in [3.05, 3.63) is 58.4 Å². The first-order chi connectivity index (χ1) is 14.0. The van der Waals surface area contributed by atoms with Crippen LogP contribution in [-0.2, 0) is 4.79 Å². The Morgan fingerprint density at radius 2 is 2.14 bits per heavy atom. The second-order valence-corrected chi connectivity index (χ2v) is 8.26. The van der Waals surface area contributed by atoms with Gasteiger partial charge in [-0.3, -0.25) is 4.79 Å². The van der Waals surface area contributed by atoms with E-state index in [4.69, 9.17) is 16.3 Å². The van der Waals surface area contributed by atoms with E-state index < -0.39 is 0 Å². The highest BCUT2D eigenvalue weighted by Gasteiger charge is 2.08. The van der Waals surface area contributed by atoms with Crippen molar-refractivity contribution >= 4 is 46.8 Å². The number of phenols is 1. The van der Waals surface area contributed by atoms with Gasteiger partial charge in [-0.1, -0.05) is 35.5 Å². The first kappa shape index (κ1) is 21.2. The lowest BCUT2D eigenvalue weighted by atomic mass is 10.2. The van der Waals surface area contributed by atoms with Crippen molar-refractivity contribution in [1.29, 1.82) is 0 Å². The number of hydrazone groups is 1. The summed E-state index contributed by atoms with van der Waals surface area (Å²) in [6.07, 6.45) is 1.49. The SMILES string of the molecule is CCOc1cc(C=NNC(=O)CSc2nc(-c3ccc(Cl)cc3)cs2)ccc1O. The van der Waals surface area contributed by atoms with Crippen LogP contribution in [0.1, 0.15) is 12.5 Å². The fraction of sp³-hybridized carbons (Fsp3) is 0.150. The number of thiazole rings is 1. The number of hydrogen-bond acceptors (Lipinski definition) is 7. The van der Waals surface area contributed by atoms with Crippen molar-refractivity contribution in [2.45, 2.75) is 11.3 Å². The molecule has 1 heterocycles. The lowest BCUT2D eigenvalue weighted by Gasteiger charge is -2.05. The molecule has 0 aliphatic heterocycles. The Hall–Kier alpha value is -2.55. The van der Waals surface area contributed by atoms with Crippen molar-refractivity contribution in [1.82, 2.24) is 10.4 Å². The van der Waals surface area contributed by atoms with Gasteiger partial charge in [0, 0.05) is 16.0 Å². The molecule has 2 N–H and O–H groups in total. The van der Waals surface area contributed by atoms with Gasteiger partial charge in [0.15, 0.2) is 15.8 Å². The van der Waals surface area contributed by atoms with Crippen LogP contribution in [0.25, 0.3) is 11.3 Å². The number of amides is 1. The summed E-state index contributed by atoms with van der Waals surface area (Å²) in [6.45, 7) is 2.28. The van der Waals surface area contributed by atoms with Crippen molar-refractivity contribution in [3.8, 4) is 22.8 Å². The molecule has 0 spiro atoms. The quantitative estimate of drug-likeness (QED) is 0.294. The zero-order valence-corrected chi connectivity index (χ0v) is 17.9. The molecule has 0 bridgehead atoms. The Balaban J connectivity index is 1.50. The van der Waals surface area contributed by atoms with Gasteiger partial charge in [-0.05, 0) is 42.8 Å². The van der Waals surface area contributed by atoms with Crippen LogP contribution in [0.4, 0.5) is 0 Å². The number of rotatable bonds is 8. The van der Waals surface area contributed by atoms with Gasteiger partial charge in [-0.2, -0.15) is 5.10 Å². The normalized spacial score (nSPS) is 11.0. The molecule has 0 atom stereocenters. The number of aromatic nitrogens is 1. The van der Waals surface area contributed by atoms with Gasteiger partial charge in [0.25, 0.3) is 5.91 Å². The molecule has 9 heteroatoms. The van der Waals surface area contributed by atoms with Gasteiger partial charge in [-0.15, -0.1) is 11.3 Å². The largest absolute Gasteiger partial charge is 0.504 e. The van der Waals surface area contributed by atoms with E-state index in [1.165, 1.54) is 35.4 Å². The number of benzene rings is 2.